The Balaban J connectivity index is 1.58. The van der Waals surface area contributed by atoms with Crippen LogP contribution in [0, 0.1) is 0 Å². The molecule has 7 nitrogen and oxygen atoms in total. The monoisotopic (exact) mass is 531 g/mol. The molecule has 0 aliphatic heterocycles. The van der Waals surface area contributed by atoms with Crippen molar-refractivity contribution in [1.82, 2.24) is 20.1 Å². The summed E-state index contributed by atoms with van der Waals surface area (Å²) in [5, 5.41) is 15.8. The van der Waals surface area contributed by atoms with Gasteiger partial charge in [-0.2, -0.15) is 0 Å². The summed E-state index contributed by atoms with van der Waals surface area (Å²) in [6, 6.07) is 9.50. The number of carbonyl (C=O) groups excluding carboxylic acids is 2. The minimum absolute atomic E-state index is 0.116. The van der Waals surface area contributed by atoms with Gasteiger partial charge >= 0.3 is 0 Å². The molecule has 0 bridgehead atoms. The van der Waals surface area contributed by atoms with Crippen LogP contribution in [-0.2, 0) is 17.9 Å². The van der Waals surface area contributed by atoms with Crippen molar-refractivity contribution in [2.24, 2.45) is 0 Å². The Morgan fingerprint density at radius 1 is 1.00 bits per heavy atom. The molecule has 0 fully saturated rings. The first-order valence-corrected chi connectivity index (χ1v) is 11.8. The van der Waals surface area contributed by atoms with Crippen LogP contribution in [0.5, 0.6) is 0 Å². The molecule has 32 heavy (non-hydrogen) atoms. The summed E-state index contributed by atoms with van der Waals surface area (Å²) in [6.07, 6.45) is 0. The maximum atomic E-state index is 12.4. The van der Waals surface area contributed by atoms with Gasteiger partial charge in [0.2, 0.25) is 5.91 Å². The molecule has 3 aromatic rings. The van der Waals surface area contributed by atoms with Crippen LogP contribution in [0.15, 0.2) is 41.6 Å². The third-order valence-electron chi connectivity index (χ3n) is 4.23. The molecule has 0 saturated carbocycles. The minimum atomic E-state index is -0.354. The summed E-state index contributed by atoms with van der Waals surface area (Å²) in [5.74, 6) is 0.0858. The second kappa shape index (κ2) is 11.2. The van der Waals surface area contributed by atoms with Crippen LogP contribution < -0.4 is 10.6 Å². The highest BCUT2D eigenvalue weighted by Crippen LogP contribution is 2.25. The lowest BCUT2D eigenvalue weighted by molar-refractivity contribution is -0.113. The van der Waals surface area contributed by atoms with Crippen LogP contribution in [0.4, 0.5) is 5.69 Å². The van der Waals surface area contributed by atoms with Crippen molar-refractivity contribution >= 4 is 75.7 Å². The molecule has 0 aliphatic carbocycles. The van der Waals surface area contributed by atoms with Gasteiger partial charge in [0, 0.05) is 17.3 Å². The SMILES string of the molecule is CCn1c(CNC(=O)c2ccc(Cl)cc2Cl)nnc1SCC(=O)Nc1ccc(Cl)c(Cl)c1. The Kier molecular flexibility index (Phi) is 8.67. The van der Waals surface area contributed by atoms with Gasteiger partial charge in [0.15, 0.2) is 11.0 Å². The Bertz CT molecular complexity index is 1160. The number of hydrogen-bond donors (Lipinski definition) is 2. The van der Waals surface area contributed by atoms with E-state index in [-0.39, 0.29) is 29.1 Å². The van der Waals surface area contributed by atoms with E-state index in [1.807, 2.05) is 11.5 Å². The van der Waals surface area contributed by atoms with Crippen LogP contribution >= 0.6 is 58.2 Å². The van der Waals surface area contributed by atoms with Crippen LogP contribution in [0.2, 0.25) is 20.1 Å². The number of nitrogens with zero attached hydrogens (tertiary/aromatic N) is 3. The van der Waals surface area contributed by atoms with Gasteiger partial charge in [-0.1, -0.05) is 58.2 Å². The Morgan fingerprint density at radius 2 is 1.78 bits per heavy atom. The number of aromatic nitrogens is 3. The molecule has 2 amide bonds. The van der Waals surface area contributed by atoms with Gasteiger partial charge in [0.05, 0.1) is 32.9 Å². The third-order valence-corrected chi connectivity index (χ3v) is 6.48. The fraction of sp³-hybridized carbons (Fsp3) is 0.200. The van der Waals surface area contributed by atoms with E-state index < -0.39 is 0 Å². The Hall–Kier alpha value is -1.97. The van der Waals surface area contributed by atoms with Gasteiger partial charge in [-0.05, 0) is 43.3 Å². The molecule has 12 heteroatoms. The number of rotatable bonds is 8. The number of thioether (sulfide) groups is 1. The summed E-state index contributed by atoms with van der Waals surface area (Å²) in [6.45, 7) is 2.63. The van der Waals surface area contributed by atoms with Crippen LogP contribution in [-0.4, -0.2) is 32.3 Å². The van der Waals surface area contributed by atoms with E-state index in [1.54, 1.807) is 30.3 Å². The van der Waals surface area contributed by atoms with E-state index in [1.165, 1.54) is 17.8 Å². The molecule has 0 radical (unpaired) electrons. The molecule has 1 heterocycles. The minimum Gasteiger partial charge on any atom is -0.345 e. The fourth-order valence-electron chi connectivity index (χ4n) is 2.70. The average molecular weight is 533 g/mol. The third kappa shape index (κ3) is 6.30. The smallest absolute Gasteiger partial charge is 0.253 e. The summed E-state index contributed by atoms with van der Waals surface area (Å²) >= 11 is 25.0. The average Bonchev–Trinajstić information content (AvgIpc) is 3.15. The molecule has 0 aliphatic rings. The molecular formula is C20H17Cl4N5O2S. The summed E-state index contributed by atoms with van der Waals surface area (Å²) < 4.78 is 1.82. The lowest BCUT2D eigenvalue weighted by Gasteiger charge is -2.10. The zero-order valence-corrected chi connectivity index (χ0v) is 20.5. The molecule has 3 rings (SSSR count). The standard InChI is InChI=1S/C20H17Cl4N5O2S/c1-2-29-17(9-25-19(31)13-5-3-11(21)7-15(13)23)27-28-20(29)32-10-18(30)26-12-4-6-14(22)16(24)8-12/h3-8H,2,9-10H2,1H3,(H,25,31)(H,26,30). The first-order valence-electron chi connectivity index (χ1n) is 9.31. The molecule has 1 aromatic heterocycles. The predicted molar refractivity (Wildman–Crippen MR) is 129 cm³/mol. The summed E-state index contributed by atoms with van der Waals surface area (Å²) in [7, 11) is 0. The molecule has 2 aromatic carbocycles. The number of benzene rings is 2. The van der Waals surface area contributed by atoms with Crippen molar-refractivity contribution < 1.29 is 9.59 Å². The van der Waals surface area contributed by atoms with Crippen LogP contribution in [0.25, 0.3) is 0 Å². The highest BCUT2D eigenvalue weighted by atomic mass is 35.5. The lowest BCUT2D eigenvalue weighted by atomic mass is 10.2. The van der Waals surface area contributed by atoms with Gasteiger partial charge in [0.1, 0.15) is 0 Å². The topological polar surface area (TPSA) is 88.9 Å². The molecule has 0 spiro atoms. The van der Waals surface area contributed by atoms with Crippen molar-refractivity contribution in [2.75, 3.05) is 11.1 Å². The van der Waals surface area contributed by atoms with Gasteiger partial charge in [-0.15, -0.1) is 10.2 Å². The fourth-order valence-corrected chi connectivity index (χ4v) is 4.32. The highest BCUT2D eigenvalue weighted by Gasteiger charge is 2.16. The van der Waals surface area contributed by atoms with Crippen molar-refractivity contribution in [3.05, 3.63) is 67.9 Å². The molecule has 0 saturated heterocycles. The number of nitrogens with one attached hydrogen (secondary N) is 2. The van der Waals surface area contributed by atoms with Crippen molar-refractivity contribution in [1.29, 1.82) is 0 Å². The number of carbonyl (C=O) groups is 2. The van der Waals surface area contributed by atoms with Crippen molar-refractivity contribution in [3.63, 3.8) is 0 Å². The Labute approximate surface area is 208 Å². The summed E-state index contributed by atoms with van der Waals surface area (Å²) in [5.41, 5.74) is 0.860. The molecular weight excluding hydrogens is 516 g/mol. The normalized spacial score (nSPS) is 10.8. The Morgan fingerprint density at radius 3 is 2.47 bits per heavy atom. The van der Waals surface area contributed by atoms with E-state index in [0.29, 0.717) is 43.8 Å². The van der Waals surface area contributed by atoms with Gasteiger partial charge < -0.3 is 15.2 Å². The number of hydrogen-bond acceptors (Lipinski definition) is 5. The maximum Gasteiger partial charge on any atom is 0.253 e. The number of anilines is 1. The first-order chi connectivity index (χ1) is 15.3. The van der Waals surface area contributed by atoms with E-state index in [4.69, 9.17) is 46.4 Å². The largest absolute Gasteiger partial charge is 0.345 e. The first kappa shape index (κ1) is 24.7. The van der Waals surface area contributed by atoms with Gasteiger partial charge in [-0.25, -0.2) is 0 Å². The quantitative estimate of drug-likeness (QED) is 0.370. The molecule has 0 unspecified atom stereocenters. The van der Waals surface area contributed by atoms with E-state index >= 15 is 0 Å². The van der Waals surface area contributed by atoms with E-state index in [0.717, 1.165) is 0 Å². The van der Waals surface area contributed by atoms with Crippen molar-refractivity contribution in [2.45, 2.75) is 25.2 Å². The van der Waals surface area contributed by atoms with Crippen LogP contribution in [0.1, 0.15) is 23.1 Å². The van der Waals surface area contributed by atoms with Crippen molar-refractivity contribution in [3.8, 4) is 0 Å². The zero-order valence-electron chi connectivity index (χ0n) is 16.7. The van der Waals surface area contributed by atoms with Crippen LogP contribution in [0.3, 0.4) is 0 Å². The second-order valence-corrected chi connectivity index (χ2v) is 9.02. The van der Waals surface area contributed by atoms with Gasteiger partial charge in [0.25, 0.3) is 5.91 Å². The maximum absolute atomic E-state index is 12.4. The zero-order chi connectivity index (χ0) is 23.3. The highest BCUT2D eigenvalue weighted by molar-refractivity contribution is 7.99. The molecule has 2 N–H and O–H groups in total. The second-order valence-electron chi connectivity index (χ2n) is 6.42. The van der Waals surface area contributed by atoms with Gasteiger partial charge in [-0.3, -0.25) is 9.59 Å². The summed E-state index contributed by atoms with van der Waals surface area (Å²) in [4.78, 5) is 24.7. The lowest BCUT2D eigenvalue weighted by Crippen LogP contribution is -2.25. The number of amides is 2. The number of halogens is 4. The predicted octanol–water partition coefficient (Wildman–Crippen LogP) is 5.57. The molecule has 0 atom stereocenters. The molecule has 168 valence electrons. The van der Waals surface area contributed by atoms with E-state index in [2.05, 4.69) is 20.8 Å². The van der Waals surface area contributed by atoms with E-state index in [9.17, 15) is 9.59 Å².